The van der Waals surface area contributed by atoms with Crippen molar-refractivity contribution in [3.63, 3.8) is 0 Å². The topological polar surface area (TPSA) is 21.3 Å². The van der Waals surface area contributed by atoms with Gasteiger partial charge in [-0.25, -0.2) is 0 Å². The number of ether oxygens (including phenoxy) is 1. The van der Waals surface area contributed by atoms with Gasteiger partial charge in [-0.15, -0.1) is 0 Å². The molecule has 0 aliphatic heterocycles. The van der Waals surface area contributed by atoms with Crippen molar-refractivity contribution in [2.24, 2.45) is 0 Å². The smallest absolute Gasteiger partial charge is 0.389 e. The Balaban J connectivity index is 2.86. The Bertz CT molecular complexity index is 423. The molecule has 0 amide bonds. The lowest BCUT2D eigenvalue weighted by Crippen LogP contribution is -2.24. The lowest BCUT2D eigenvalue weighted by atomic mass is 10.0. The minimum absolute atomic E-state index is 0.0322. The molecule has 6 heteroatoms. The van der Waals surface area contributed by atoms with E-state index in [1.807, 2.05) is 6.92 Å². The molecule has 0 saturated carbocycles. The van der Waals surface area contributed by atoms with Gasteiger partial charge < -0.3 is 10.1 Å². The zero-order valence-corrected chi connectivity index (χ0v) is 12.3. The molecule has 1 aromatic rings. The average Bonchev–Trinajstić information content (AvgIpc) is 2.38. The van der Waals surface area contributed by atoms with Crippen LogP contribution >= 0.6 is 11.6 Å². The number of halogens is 4. The summed E-state index contributed by atoms with van der Waals surface area (Å²) in [6, 6.07) is 4.63. The largest absolute Gasteiger partial charge is 0.497 e. The summed E-state index contributed by atoms with van der Waals surface area (Å²) in [6.45, 7) is 2.61. The minimum atomic E-state index is -4.16. The lowest BCUT2D eigenvalue weighted by molar-refractivity contribution is -0.136. The van der Waals surface area contributed by atoms with Crippen molar-refractivity contribution in [2.45, 2.75) is 38.4 Å². The molecule has 1 N–H and O–H groups in total. The Labute approximate surface area is 122 Å². The molecule has 114 valence electrons. The van der Waals surface area contributed by atoms with E-state index in [-0.39, 0.29) is 6.42 Å². The van der Waals surface area contributed by atoms with Crippen molar-refractivity contribution < 1.29 is 17.9 Å². The second-order valence-electron chi connectivity index (χ2n) is 4.55. The zero-order chi connectivity index (χ0) is 15.2. The highest BCUT2D eigenvalue weighted by Crippen LogP contribution is 2.32. The molecule has 0 spiro atoms. The van der Waals surface area contributed by atoms with Crippen LogP contribution in [0.3, 0.4) is 0 Å². The monoisotopic (exact) mass is 309 g/mol. The molecule has 1 aromatic carbocycles. The SMILES string of the molecule is CCCNC(CCC(F)(F)F)c1ccc(OC)cc1Cl. The third-order valence-corrected chi connectivity index (χ3v) is 3.27. The standard InChI is InChI=1S/C14H19ClF3NO/c1-3-8-19-13(6-7-14(16,17)18)11-5-4-10(20-2)9-12(11)15/h4-5,9,13,19H,3,6-8H2,1-2H3. The number of hydrogen-bond donors (Lipinski definition) is 1. The summed E-state index contributed by atoms with van der Waals surface area (Å²) >= 11 is 6.13. The van der Waals surface area contributed by atoms with Crippen LogP contribution < -0.4 is 10.1 Å². The van der Waals surface area contributed by atoms with Crippen LogP contribution in [0.4, 0.5) is 13.2 Å². The molecule has 0 aromatic heterocycles. The van der Waals surface area contributed by atoms with E-state index in [4.69, 9.17) is 16.3 Å². The molecular formula is C14H19ClF3NO. The van der Waals surface area contributed by atoms with Crippen molar-refractivity contribution in [1.82, 2.24) is 5.32 Å². The minimum Gasteiger partial charge on any atom is -0.497 e. The summed E-state index contributed by atoms with van der Waals surface area (Å²) in [4.78, 5) is 0. The summed E-state index contributed by atoms with van der Waals surface area (Å²) in [5, 5.41) is 3.53. The van der Waals surface area contributed by atoms with Gasteiger partial charge in [0.25, 0.3) is 0 Å². The molecule has 0 saturated heterocycles. The maximum absolute atomic E-state index is 12.4. The normalized spacial score (nSPS) is 13.3. The number of rotatable bonds is 7. The van der Waals surface area contributed by atoms with Crippen LogP contribution in [0.1, 0.15) is 37.8 Å². The van der Waals surface area contributed by atoms with E-state index in [0.717, 1.165) is 6.42 Å². The predicted octanol–water partition coefficient (Wildman–Crippen LogP) is 4.73. The Morgan fingerprint density at radius 3 is 2.55 bits per heavy atom. The summed E-state index contributed by atoms with van der Waals surface area (Å²) in [7, 11) is 1.52. The van der Waals surface area contributed by atoms with Gasteiger partial charge in [0.2, 0.25) is 0 Å². The highest BCUT2D eigenvalue weighted by molar-refractivity contribution is 6.31. The first-order valence-electron chi connectivity index (χ1n) is 6.51. The maximum Gasteiger partial charge on any atom is 0.389 e. The molecule has 1 rings (SSSR count). The Morgan fingerprint density at radius 2 is 2.05 bits per heavy atom. The van der Waals surface area contributed by atoms with Crippen LogP contribution in [0.5, 0.6) is 5.75 Å². The highest BCUT2D eigenvalue weighted by Gasteiger charge is 2.29. The second-order valence-corrected chi connectivity index (χ2v) is 4.96. The third-order valence-electron chi connectivity index (χ3n) is 2.94. The number of methoxy groups -OCH3 is 1. The van der Waals surface area contributed by atoms with Gasteiger partial charge in [0.05, 0.1) is 7.11 Å². The summed E-state index contributed by atoms with van der Waals surface area (Å²) < 4.78 is 42.2. The molecule has 0 aliphatic rings. The van der Waals surface area contributed by atoms with Crippen LogP contribution in [0.25, 0.3) is 0 Å². The van der Waals surface area contributed by atoms with Crippen molar-refractivity contribution in [3.05, 3.63) is 28.8 Å². The summed E-state index contributed by atoms with van der Waals surface area (Å²) in [5.74, 6) is 0.587. The van der Waals surface area contributed by atoms with E-state index in [9.17, 15) is 13.2 Å². The van der Waals surface area contributed by atoms with Gasteiger partial charge in [-0.1, -0.05) is 24.6 Å². The maximum atomic E-state index is 12.4. The van der Waals surface area contributed by atoms with E-state index in [2.05, 4.69) is 5.32 Å². The molecule has 0 heterocycles. The molecule has 2 nitrogen and oxygen atoms in total. The zero-order valence-electron chi connectivity index (χ0n) is 11.6. The molecule has 20 heavy (non-hydrogen) atoms. The van der Waals surface area contributed by atoms with Gasteiger partial charge >= 0.3 is 6.18 Å². The molecule has 0 fully saturated rings. The molecular weight excluding hydrogens is 291 g/mol. The molecule has 1 unspecified atom stereocenters. The fraction of sp³-hybridized carbons (Fsp3) is 0.571. The van der Waals surface area contributed by atoms with Crippen molar-refractivity contribution in [1.29, 1.82) is 0 Å². The Morgan fingerprint density at radius 1 is 1.35 bits per heavy atom. The molecule has 1 atom stereocenters. The van der Waals surface area contributed by atoms with Gasteiger partial charge in [-0.05, 0) is 37.1 Å². The van der Waals surface area contributed by atoms with Crippen molar-refractivity contribution in [3.8, 4) is 5.75 Å². The van der Waals surface area contributed by atoms with Gasteiger partial charge in [0.1, 0.15) is 5.75 Å². The quantitative estimate of drug-likeness (QED) is 0.786. The Kier molecular flexibility index (Phi) is 6.62. The fourth-order valence-corrected chi connectivity index (χ4v) is 2.21. The number of nitrogens with one attached hydrogen (secondary N) is 1. The second kappa shape index (κ2) is 7.74. The first-order valence-corrected chi connectivity index (χ1v) is 6.88. The average molecular weight is 310 g/mol. The first kappa shape index (κ1) is 17.1. The van der Waals surface area contributed by atoms with Crippen LogP contribution in [0.2, 0.25) is 5.02 Å². The number of alkyl halides is 3. The summed E-state index contributed by atoms with van der Waals surface area (Å²) in [6.07, 6.45) is -4.19. The van der Waals surface area contributed by atoms with E-state index < -0.39 is 18.6 Å². The van der Waals surface area contributed by atoms with Crippen molar-refractivity contribution >= 4 is 11.6 Å². The molecule has 0 aliphatic carbocycles. The van der Waals surface area contributed by atoms with Crippen LogP contribution in [-0.4, -0.2) is 19.8 Å². The molecule has 0 bridgehead atoms. The fourth-order valence-electron chi connectivity index (χ4n) is 1.91. The van der Waals surface area contributed by atoms with Gasteiger partial charge in [0, 0.05) is 17.5 Å². The first-order chi connectivity index (χ1) is 9.37. The van der Waals surface area contributed by atoms with Gasteiger partial charge in [-0.2, -0.15) is 13.2 Å². The Hall–Kier alpha value is -0.940. The number of benzene rings is 1. The third kappa shape index (κ3) is 5.59. The number of hydrogen-bond acceptors (Lipinski definition) is 2. The highest BCUT2D eigenvalue weighted by atomic mass is 35.5. The van der Waals surface area contributed by atoms with Crippen LogP contribution in [0, 0.1) is 0 Å². The van der Waals surface area contributed by atoms with Crippen molar-refractivity contribution in [2.75, 3.05) is 13.7 Å². The van der Waals surface area contributed by atoms with Gasteiger partial charge in [-0.3, -0.25) is 0 Å². The van der Waals surface area contributed by atoms with E-state index >= 15 is 0 Å². The lowest BCUT2D eigenvalue weighted by Gasteiger charge is -2.21. The predicted molar refractivity (Wildman–Crippen MR) is 74.3 cm³/mol. The van der Waals surface area contributed by atoms with E-state index in [1.54, 1.807) is 18.2 Å². The van der Waals surface area contributed by atoms with Gasteiger partial charge in [0.15, 0.2) is 0 Å². The molecule has 0 radical (unpaired) electrons. The van der Waals surface area contributed by atoms with E-state index in [1.165, 1.54) is 7.11 Å². The van der Waals surface area contributed by atoms with E-state index in [0.29, 0.717) is 22.9 Å². The van der Waals surface area contributed by atoms with Crippen LogP contribution in [-0.2, 0) is 0 Å². The summed E-state index contributed by atoms with van der Waals surface area (Å²) in [5.41, 5.74) is 0.671. The van der Waals surface area contributed by atoms with Crippen LogP contribution in [0.15, 0.2) is 18.2 Å².